The highest BCUT2D eigenvalue weighted by Crippen LogP contribution is 2.29. The van der Waals surface area contributed by atoms with Gasteiger partial charge < -0.3 is 9.82 Å². The molecule has 4 nitrogen and oxygen atoms in total. The van der Waals surface area contributed by atoms with Crippen LogP contribution in [0.15, 0.2) is 29.4 Å². The van der Waals surface area contributed by atoms with Gasteiger partial charge in [-0.15, -0.1) is 0 Å². The van der Waals surface area contributed by atoms with Crippen LogP contribution in [0.4, 0.5) is 0 Å². The van der Waals surface area contributed by atoms with Gasteiger partial charge in [-0.05, 0) is 25.3 Å². The van der Waals surface area contributed by atoms with Crippen LogP contribution in [0.5, 0.6) is 0 Å². The summed E-state index contributed by atoms with van der Waals surface area (Å²) in [7, 11) is 0. The Morgan fingerprint density at radius 3 is 3.00 bits per heavy atom. The number of nitrogens with zero attached hydrogens (tertiary/aromatic N) is 1. The van der Waals surface area contributed by atoms with Gasteiger partial charge in [-0.3, -0.25) is 0 Å². The van der Waals surface area contributed by atoms with E-state index in [0.29, 0.717) is 0 Å². The van der Waals surface area contributed by atoms with E-state index in [1.54, 1.807) is 0 Å². The van der Waals surface area contributed by atoms with Gasteiger partial charge in [0.15, 0.2) is 0 Å². The van der Waals surface area contributed by atoms with E-state index in [1.165, 1.54) is 12.6 Å². The minimum atomic E-state index is -0.380. The fourth-order valence-corrected chi connectivity index (χ4v) is 2.48. The summed E-state index contributed by atoms with van der Waals surface area (Å²) in [6.45, 7) is 1.36. The van der Waals surface area contributed by atoms with E-state index in [9.17, 15) is 4.79 Å². The Morgan fingerprint density at radius 2 is 2.17 bits per heavy atom. The molecule has 0 amide bonds. The molecule has 0 bridgehead atoms. The summed E-state index contributed by atoms with van der Waals surface area (Å²) in [5.41, 5.74) is 4.27. The molecule has 0 radical (unpaired) electrons. The molecule has 92 valence electrons. The molecule has 18 heavy (non-hydrogen) atoms. The second-order valence-corrected chi connectivity index (χ2v) is 4.50. The molecule has 1 aromatic heterocycles. The van der Waals surface area contributed by atoms with Gasteiger partial charge in [0.25, 0.3) is 0 Å². The molecule has 3 rings (SSSR count). The number of aryl methyl sites for hydroxylation is 1. The number of carbonyl (C=O) groups is 1. The predicted octanol–water partition coefficient (Wildman–Crippen LogP) is 2.77. The number of hydrogen-bond donors (Lipinski definition) is 1. The molecular weight excluding hydrogens is 228 g/mol. The van der Waals surface area contributed by atoms with E-state index in [2.05, 4.69) is 22.3 Å². The van der Waals surface area contributed by atoms with Crippen LogP contribution in [0.1, 0.15) is 31.0 Å². The standard InChI is InChI=1S/C14H14N2O2/c1-9(17)18-16-13-8-4-7-12-14(13)10-5-2-3-6-11(10)15-12/h2-3,5-6,15H,4,7-8H2,1H3. The Morgan fingerprint density at radius 1 is 1.33 bits per heavy atom. The minimum Gasteiger partial charge on any atom is -0.358 e. The van der Waals surface area contributed by atoms with Crippen LogP contribution >= 0.6 is 0 Å². The van der Waals surface area contributed by atoms with E-state index in [-0.39, 0.29) is 5.97 Å². The summed E-state index contributed by atoms with van der Waals surface area (Å²) in [4.78, 5) is 19.1. The third-order valence-electron chi connectivity index (χ3n) is 3.20. The molecule has 0 unspecified atom stereocenters. The summed E-state index contributed by atoms with van der Waals surface area (Å²) in [6, 6.07) is 8.14. The van der Waals surface area contributed by atoms with Crippen LogP contribution in [0.25, 0.3) is 10.9 Å². The van der Waals surface area contributed by atoms with E-state index in [0.717, 1.165) is 41.4 Å². The lowest BCUT2D eigenvalue weighted by atomic mass is 9.94. The average Bonchev–Trinajstić information content (AvgIpc) is 2.75. The third-order valence-corrected chi connectivity index (χ3v) is 3.20. The maximum atomic E-state index is 10.9. The molecule has 0 saturated heterocycles. The quantitative estimate of drug-likeness (QED) is 0.617. The monoisotopic (exact) mass is 242 g/mol. The number of fused-ring (bicyclic) bond motifs is 3. The first-order chi connectivity index (χ1) is 8.75. The van der Waals surface area contributed by atoms with E-state index >= 15 is 0 Å². The van der Waals surface area contributed by atoms with Gasteiger partial charge >= 0.3 is 5.97 Å². The summed E-state index contributed by atoms with van der Waals surface area (Å²) < 4.78 is 0. The SMILES string of the molecule is CC(=O)ON=C1CCCc2[nH]c3ccccc3c21. The highest BCUT2D eigenvalue weighted by atomic mass is 16.7. The summed E-state index contributed by atoms with van der Waals surface area (Å²) in [5.74, 6) is -0.380. The highest BCUT2D eigenvalue weighted by molar-refractivity contribution is 6.12. The Kier molecular flexibility index (Phi) is 2.63. The van der Waals surface area contributed by atoms with E-state index < -0.39 is 0 Å². The fraction of sp³-hybridized carbons (Fsp3) is 0.286. The van der Waals surface area contributed by atoms with Crippen LogP contribution in [0.2, 0.25) is 0 Å². The van der Waals surface area contributed by atoms with Crippen molar-refractivity contribution in [2.75, 3.05) is 0 Å². The zero-order valence-corrected chi connectivity index (χ0v) is 10.2. The van der Waals surface area contributed by atoms with Gasteiger partial charge in [-0.25, -0.2) is 4.79 Å². The Hall–Kier alpha value is -2.10. The Balaban J connectivity index is 2.14. The molecule has 4 heteroatoms. The normalized spacial score (nSPS) is 16.8. The minimum absolute atomic E-state index is 0.380. The van der Waals surface area contributed by atoms with E-state index in [4.69, 9.17) is 4.84 Å². The number of aromatic amines is 1. The maximum absolute atomic E-state index is 10.9. The molecule has 0 aliphatic heterocycles. The van der Waals surface area contributed by atoms with Gasteiger partial charge in [0.05, 0.1) is 5.71 Å². The van der Waals surface area contributed by atoms with Gasteiger partial charge in [-0.2, -0.15) is 0 Å². The fourth-order valence-electron chi connectivity index (χ4n) is 2.48. The van der Waals surface area contributed by atoms with Crippen LogP contribution < -0.4 is 0 Å². The Labute approximate surface area is 105 Å². The number of para-hydroxylation sites is 1. The van der Waals surface area contributed by atoms with Gasteiger partial charge in [0.2, 0.25) is 0 Å². The van der Waals surface area contributed by atoms with E-state index in [1.807, 2.05) is 12.1 Å². The lowest BCUT2D eigenvalue weighted by Gasteiger charge is -2.13. The summed E-state index contributed by atoms with van der Waals surface area (Å²) in [6.07, 6.45) is 2.89. The molecular formula is C14H14N2O2. The molecule has 0 saturated carbocycles. The predicted molar refractivity (Wildman–Crippen MR) is 69.5 cm³/mol. The van der Waals surface area contributed by atoms with Crippen LogP contribution in [-0.4, -0.2) is 16.7 Å². The first-order valence-corrected chi connectivity index (χ1v) is 6.10. The van der Waals surface area contributed by atoms with Crippen molar-refractivity contribution in [2.45, 2.75) is 26.2 Å². The Bertz CT molecular complexity index is 640. The number of oxime groups is 1. The number of H-pyrrole nitrogens is 1. The van der Waals surface area contributed by atoms with Crippen LogP contribution in [-0.2, 0) is 16.1 Å². The lowest BCUT2D eigenvalue weighted by Crippen LogP contribution is -2.12. The highest BCUT2D eigenvalue weighted by Gasteiger charge is 2.21. The van der Waals surface area contributed by atoms with Crippen LogP contribution in [0.3, 0.4) is 0 Å². The van der Waals surface area contributed by atoms with Crippen molar-refractivity contribution in [1.82, 2.24) is 4.98 Å². The molecule has 1 aliphatic carbocycles. The first kappa shape index (κ1) is 11.0. The molecule has 0 atom stereocenters. The number of benzene rings is 1. The largest absolute Gasteiger partial charge is 0.358 e. The zero-order valence-electron chi connectivity index (χ0n) is 10.2. The molecule has 1 N–H and O–H groups in total. The molecule has 1 aromatic carbocycles. The van der Waals surface area contributed by atoms with Crippen molar-refractivity contribution in [2.24, 2.45) is 5.16 Å². The lowest BCUT2D eigenvalue weighted by molar-refractivity contribution is -0.140. The number of rotatable bonds is 1. The van der Waals surface area contributed by atoms with Crippen molar-refractivity contribution in [3.8, 4) is 0 Å². The number of hydrogen-bond acceptors (Lipinski definition) is 3. The molecule has 1 heterocycles. The van der Waals surface area contributed by atoms with Crippen molar-refractivity contribution in [1.29, 1.82) is 0 Å². The van der Waals surface area contributed by atoms with Crippen molar-refractivity contribution in [3.63, 3.8) is 0 Å². The average molecular weight is 242 g/mol. The smallest absolute Gasteiger partial charge is 0.331 e. The molecule has 0 spiro atoms. The number of carbonyl (C=O) groups excluding carboxylic acids is 1. The van der Waals surface area contributed by atoms with Crippen molar-refractivity contribution >= 4 is 22.6 Å². The van der Waals surface area contributed by atoms with Gasteiger partial charge in [-0.1, -0.05) is 23.4 Å². The molecule has 2 aromatic rings. The number of aromatic nitrogens is 1. The first-order valence-electron chi connectivity index (χ1n) is 6.10. The summed E-state index contributed by atoms with van der Waals surface area (Å²) in [5, 5.41) is 5.14. The third kappa shape index (κ3) is 1.79. The van der Waals surface area contributed by atoms with Crippen molar-refractivity contribution in [3.05, 3.63) is 35.5 Å². The zero-order chi connectivity index (χ0) is 12.5. The molecule has 1 aliphatic rings. The van der Waals surface area contributed by atoms with Gasteiger partial charge in [0, 0.05) is 29.1 Å². The second kappa shape index (κ2) is 4.29. The summed E-state index contributed by atoms with van der Waals surface area (Å²) >= 11 is 0. The maximum Gasteiger partial charge on any atom is 0.331 e. The van der Waals surface area contributed by atoms with Crippen LogP contribution in [0, 0.1) is 0 Å². The van der Waals surface area contributed by atoms with Crippen molar-refractivity contribution < 1.29 is 9.63 Å². The topological polar surface area (TPSA) is 54.4 Å². The number of nitrogens with one attached hydrogen (secondary N) is 1. The van der Waals surface area contributed by atoms with Gasteiger partial charge in [0.1, 0.15) is 0 Å². The molecule has 0 fully saturated rings. The second-order valence-electron chi connectivity index (χ2n) is 4.50.